The maximum atomic E-state index is 14.3. The van der Waals surface area contributed by atoms with E-state index in [1.807, 2.05) is 44.2 Å². The number of nitrogens with two attached hydrogens (primary N) is 1. The van der Waals surface area contributed by atoms with Gasteiger partial charge in [-0.2, -0.15) is 0 Å². The second-order valence-corrected chi connectivity index (χ2v) is 12.0. The van der Waals surface area contributed by atoms with Crippen molar-refractivity contribution in [3.05, 3.63) is 107 Å². The van der Waals surface area contributed by atoms with Crippen molar-refractivity contribution < 1.29 is 27.9 Å². The fraction of sp³-hybridized carbons (Fsp3) is 0.417. The third kappa shape index (κ3) is 10.6. The zero-order valence-corrected chi connectivity index (χ0v) is 27.1. The molecule has 3 aromatic rings. The van der Waals surface area contributed by atoms with E-state index in [4.69, 9.17) is 10.5 Å². The fourth-order valence-electron chi connectivity index (χ4n) is 5.72. The van der Waals surface area contributed by atoms with Crippen molar-refractivity contribution in [2.24, 2.45) is 5.73 Å². The highest BCUT2D eigenvalue weighted by atomic mass is 19.1. The van der Waals surface area contributed by atoms with E-state index in [0.29, 0.717) is 44.7 Å². The van der Waals surface area contributed by atoms with E-state index < -0.39 is 35.8 Å². The highest BCUT2D eigenvalue weighted by Crippen LogP contribution is 2.18. The van der Waals surface area contributed by atoms with Crippen molar-refractivity contribution in [3.63, 3.8) is 0 Å². The molecule has 4 N–H and O–H groups in total. The summed E-state index contributed by atoms with van der Waals surface area (Å²) < 4.78 is 34.5. The van der Waals surface area contributed by atoms with Crippen LogP contribution in [0.4, 0.5) is 13.6 Å². The molecule has 1 fully saturated rings. The standard InChI is InChI=1S/C36H45F2N5O4/c1-3-14-42(15-4-2)35(45)28-12-8-11-27(20-28)34(44)41-32(19-26-17-29(37)21-30(38)18-26)33(23-40-22-25-9-6-5-7-10-25)47-36(46)43-16-13-31(39)24-43/h5-12,17-18,20-21,31-33,40H,3-4,13-16,19,22-24,39H2,1-2H3,(H,41,44)/t31-,32?,33?/m1/s1. The molecule has 1 aliphatic heterocycles. The number of benzene rings is 3. The SMILES string of the molecule is CCCN(CCC)C(=O)c1cccc(C(=O)NC(Cc2cc(F)cc(F)c2)C(CNCc2ccccc2)OC(=O)N2CC[C@@H](N)C2)c1. The molecule has 252 valence electrons. The Morgan fingerprint density at radius 1 is 0.936 bits per heavy atom. The summed E-state index contributed by atoms with van der Waals surface area (Å²) in [6, 6.07) is 18.2. The third-order valence-corrected chi connectivity index (χ3v) is 8.04. The van der Waals surface area contributed by atoms with Crippen molar-refractivity contribution >= 4 is 17.9 Å². The number of halogens is 2. The molecular formula is C36H45F2N5O4. The number of carbonyl (C=O) groups excluding carboxylic acids is 3. The fourth-order valence-corrected chi connectivity index (χ4v) is 5.72. The summed E-state index contributed by atoms with van der Waals surface area (Å²) >= 11 is 0. The number of hydrogen-bond donors (Lipinski definition) is 3. The normalized spacial score (nSPS) is 15.6. The molecule has 2 unspecified atom stereocenters. The van der Waals surface area contributed by atoms with Gasteiger partial charge in [0.15, 0.2) is 0 Å². The van der Waals surface area contributed by atoms with Crippen LogP contribution < -0.4 is 16.4 Å². The van der Waals surface area contributed by atoms with Crippen molar-refractivity contribution in [1.82, 2.24) is 20.4 Å². The van der Waals surface area contributed by atoms with Gasteiger partial charge >= 0.3 is 6.09 Å². The summed E-state index contributed by atoms with van der Waals surface area (Å²) in [5.41, 5.74) is 7.91. The van der Waals surface area contributed by atoms with Gasteiger partial charge in [0.2, 0.25) is 0 Å². The summed E-state index contributed by atoms with van der Waals surface area (Å²) in [6.07, 6.45) is 0.676. The first-order valence-electron chi connectivity index (χ1n) is 16.3. The van der Waals surface area contributed by atoms with E-state index in [0.717, 1.165) is 24.5 Å². The minimum atomic E-state index is -0.937. The average Bonchev–Trinajstić information content (AvgIpc) is 3.50. The van der Waals surface area contributed by atoms with Gasteiger partial charge in [0.25, 0.3) is 11.8 Å². The number of likely N-dealkylation sites (tertiary alicyclic amines) is 1. The molecule has 11 heteroatoms. The van der Waals surface area contributed by atoms with Gasteiger partial charge in [-0.3, -0.25) is 9.59 Å². The van der Waals surface area contributed by atoms with Crippen LogP contribution in [0.15, 0.2) is 72.8 Å². The zero-order chi connectivity index (χ0) is 33.8. The molecule has 1 saturated heterocycles. The first-order valence-corrected chi connectivity index (χ1v) is 16.3. The minimum absolute atomic E-state index is 0.0374. The van der Waals surface area contributed by atoms with Gasteiger partial charge in [0.05, 0.1) is 6.04 Å². The number of nitrogens with one attached hydrogen (secondary N) is 2. The molecule has 47 heavy (non-hydrogen) atoms. The lowest BCUT2D eigenvalue weighted by Gasteiger charge is -2.30. The van der Waals surface area contributed by atoms with E-state index in [1.54, 1.807) is 23.1 Å². The van der Waals surface area contributed by atoms with Crippen LogP contribution in [0, 0.1) is 11.6 Å². The van der Waals surface area contributed by atoms with Crippen LogP contribution in [0.3, 0.4) is 0 Å². The number of hydrogen-bond acceptors (Lipinski definition) is 6. The quantitative estimate of drug-likeness (QED) is 0.216. The lowest BCUT2D eigenvalue weighted by molar-refractivity contribution is 0.0459. The molecule has 0 radical (unpaired) electrons. The minimum Gasteiger partial charge on any atom is -0.443 e. The Morgan fingerprint density at radius 3 is 2.26 bits per heavy atom. The Bertz CT molecular complexity index is 1460. The van der Waals surface area contributed by atoms with E-state index in [9.17, 15) is 23.2 Å². The lowest BCUT2D eigenvalue weighted by atomic mass is 9.99. The summed E-state index contributed by atoms with van der Waals surface area (Å²) in [4.78, 5) is 43.6. The highest BCUT2D eigenvalue weighted by molar-refractivity contribution is 5.99. The zero-order valence-electron chi connectivity index (χ0n) is 27.1. The molecule has 4 rings (SSSR count). The molecule has 0 aromatic heterocycles. The van der Waals surface area contributed by atoms with Gasteiger partial charge in [0.1, 0.15) is 17.7 Å². The molecule has 1 heterocycles. The summed E-state index contributed by atoms with van der Waals surface area (Å²) in [6.45, 7) is 6.55. The van der Waals surface area contributed by atoms with E-state index in [2.05, 4.69) is 10.6 Å². The second-order valence-electron chi connectivity index (χ2n) is 12.0. The number of nitrogens with zero attached hydrogens (tertiary/aromatic N) is 2. The number of ether oxygens (including phenoxy) is 1. The molecule has 3 amide bonds. The smallest absolute Gasteiger partial charge is 0.410 e. The Hall–Kier alpha value is -4.35. The van der Waals surface area contributed by atoms with E-state index >= 15 is 0 Å². The van der Waals surface area contributed by atoms with Crippen molar-refractivity contribution in [3.8, 4) is 0 Å². The number of carbonyl (C=O) groups is 3. The molecule has 9 nitrogen and oxygen atoms in total. The van der Waals surface area contributed by atoms with Gasteiger partial charge in [-0.15, -0.1) is 0 Å². The van der Waals surface area contributed by atoms with Crippen LogP contribution >= 0.6 is 0 Å². The monoisotopic (exact) mass is 649 g/mol. The van der Waals surface area contributed by atoms with Crippen LogP contribution in [0.5, 0.6) is 0 Å². The maximum Gasteiger partial charge on any atom is 0.410 e. The van der Waals surface area contributed by atoms with Crippen LogP contribution in [-0.2, 0) is 17.7 Å². The summed E-state index contributed by atoms with van der Waals surface area (Å²) in [5, 5.41) is 6.25. The van der Waals surface area contributed by atoms with Gasteiger partial charge in [-0.1, -0.05) is 50.2 Å². The van der Waals surface area contributed by atoms with Crippen LogP contribution in [-0.4, -0.2) is 78.6 Å². The van der Waals surface area contributed by atoms with E-state index in [-0.39, 0.29) is 36.0 Å². The first-order chi connectivity index (χ1) is 22.7. The first kappa shape index (κ1) is 35.5. The molecule has 0 aliphatic carbocycles. The molecule has 0 saturated carbocycles. The topological polar surface area (TPSA) is 117 Å². The number of rotatable bonds is 15. The molecule has 3 aromatic carbocycles. The van der Waals surface area contributed by atoms with Gasteiger partial charge in [0, 0.05) is 62.5 Å². The Balaban J connectivity index is 1.62. The number of amides is 3. The molecule has 3 atom stereocenters. The molecular weight excluding hydrogens is 604 g/mol. The van der Waals surface area contributed by atoms with Gasteiger partial charge in [-0.05, 0) is 67.1 Å². The third-order valence-electron chi connectivity index (χ3n) is 8.04. The largest absolute Gasteiger partial charge is 0.443 e. The van der Waals surface area contributed by atoms with Crippen molar-refractivity contribution in [2.45, 2.75) is 64.3 Å². The Labute approximate surface area is 275 Å². The van der Waals surface area contributed by atoms with Gasteiger partial charge < -0.3 is 30.9 Å². The van der Waals surface area contributed by atoms with Crippen LogP contribution in [0.1, 0.15) is 65.0 Å². The molecule has 0 bridgehead atoms. The highest BCUT2D eigenvalue weighted by Gasteiger charge is 2.32. The maximum absolute atomic E-state index is 14.3. The predicted molar refractivity (Wildman–Crippen MR) is 177 cm³/mol. The average molecular weight is 650 g/mol. The Morgan fingerprint density at radius 2 is 1.62 bits per heavy atom. The van der Waals surface area contributed by atoms with Crippen molar-refractivity contribution in [1.29, 1.82) is 0 Å². The van der Waals surface area contributed by atoms with Crippen LogP contribution in [0.2, 0.25) is 0 Å². The van der Waals surface area contributed by atoms with E-state index in [1.165, 1.54) is 23.1 Å². The Kier molecular flexibility index (Phi) is 13.2. The second kappa shape index (κ2) is 17.5. The predicted octanol–water partition coefficient (Wildman–Crippen LogP) is 4.90. The van der Waals surface area contributed by atoms with Crippen LogP contribution in [0.25, 0.3) is 0 Å². The summed E-state index contributed by atoms with van der Waals surface area (Å²) in [7, 11) is 0. The molecule has 0 spiro atoms. The van der Waals surface area contributed by atoms with Gasteiger partial charge in [-0.25, -0.2) is 13.6 Å². The van der Waals surface area contributed by atoms with Crippen molar-refractivity contribution in [2.75, 3.05) is 32.7 Å². The summed E-state index contributed by atoms with van der Waals surface area (Å²) in [5.74, 6) is -2.22. The molecule has 1 aliphatic rings. The lowest BCUT2D eigenvalue weighted by Crippen LogP contribution is -2.52.